The lowest BCUT2D eigenvalue weighted by molar-refractivity contribution is 1.59. The molecule has 0 atom stereocenters. The topological polar surface area (TPSA) is 0 Å². The molecule has 0 unspecified atom stereocenters. The molecule has 90 valence electrons. The van der Waals surface area contributed by atoms with Gasteiger partial charge in [0.15, 0.2) is 0 Å². The lowest BCUT2D eigenvalue weighted by atomic mass is 10.00. The fourth-order valence-electron chi connectivity index (χ4n) is 1.56. The minimum atomic E-state index is 1.18. The molecule has 0 aliphatic heterocycles. The van der Waals surface area contributed by atoms with Crippen molar-refractivity contribution >= 4 is 6.08 Å². The fraction of sp³-hybridized carbons (Fsp3) is 0. The molecule has 2 rings (SSSR count). The number of hydrogen-bond donors (Lipinski definition) is 0. The summed E-state index contributed by atoms with van der Waals surface area (Å²) in [5.74, 6) is 0. The number of rotatable bonds is 3. The summed E-state index contributed by atoms with van der Waals surface area (Å²) in [6.45, 7) is 10.5. The van der Waals surface area contributed by atoms with E-state index in [1.165, 1.54) is 16.7 Å². The van der Waals surface area contributed by atoms with Crippen molar-refractivity contribution in [3.05, 3.63) is 92.0 Å². The standard InChI is InChI=1S/C14H12.C4H6/c1-2-12-8-6-7-11-14(12)13-9-4-3-5-10-13;1-3-4-2/h2-11H,1H2;3-4H,1-2H2. The van der Waals surface area contributed by atoms with Gasteiger partial charge in [-0.05, 0) is 16.7 Å². The van der Waals surface area contributed by atoms with Gasteiger partial charge in [0.05, 0.1) is 0 Å². The molecule has 2 aromatic rings. The molecule has 0 amide bonds. The molecular formula is C18H18. The maximum absolute atomic E-state index is 3.82. The van der Waals surface area contributed by atoms with Crippen molar-refractivity contribution < 1.29 is 0 Å². The van der Waals surface area contributed by atoms with Gasteiger partial charge in [-0.2, -0.15) is 0 Å². The van der Waals surface area contributed by atoms with Crippen LogP contribution in [-0.2, 0) is 0 Å². The van der Waals surface area contributed by atoms with Gasteiger partial charge in [0, 0.05) is 0 Å². The third kappa shape index (κ3) is 3.91. The molecule has 0 N–H and O–H groups in total. The van der Waals surface area contributed by atoms with Crippen molar-refractivity contribution in [2.45, 2.75) is 0 Å². The largest absolute Gasteiger partial charge is 0.0991 e. The van der Waals surface area contributed by atoms with E-state index in [2.05, 4.69) is 62.2 Å². The monoisotopic (exact) mass is 234 g/mol. The van der Waals surface area contributed by atoms with E-state index in [9.17, 15) is 0 Å². The zero-order valence-electron chi connectivity index (χ0n) is 10.5. The Morgan fingerprint density at radius 3 is 1.78 bits per heavy atom. The van der Waals surface area contributed by atoms with Gasteiger partial charge in [-0.1, -0.05) is 92.6 Å². The molecule has 18 heavy (non-hydrogen) atoms. The summed E-state index contributed by atoms with van der Waals surface area (Å²) < 4.78 is 0. The summed E-state index contributed by atoms with van der Waals surface area (Å²) in [5, 5.41) is 0. The van der Waals surface area contributed by atoms with Gasteiger partial charge in [-0.25, -0.2) is 0 Å². The van der Waals surface area contributed by atoms with Gasteiger partial charge >= 0.3 is 0 Å². The maximum Gasteiger partial charge on any atom is -0.0112 e. The van der Waals surface area contributed by atoms with Crippen LogP contribution in [-0.4, -0.2) is 0 Å². The van der Waals surface area contributed by atoms with Gasteiger partial charge in [0.25, 0.3) is 0 Å². The van der Waals surface area contributed by atoms with Crippen LogP contribution in [0.25, 0.3) is 17.2 Å². The SMILES string of the molecule is C=CC=C.C=Cc1ccccc1-c1ccccc1. The Hall–Kier alpha value is -2.34. The molecule has 0 spiro atoms. The van der Waals surface area contributed by atoms with Crippen LogP contribution in [0.2, 0.25) is 0 Å². The van der Waals surface area contributed by atoms with E-state index in [0.29, 0.717) is 0 Å². The fourth-order valence-corrected chi connectivity index (χ4v) is 1.56. The Bertz CT molecular complexity index is 501. The van der Waals surface area contributed by atoms with E-state index in [-0.39, 0.29) is 0 Å². The first-order valence-electron chi connectivity index (χ1n) is 5.83. The maximum atomic E-state index is 3.82. The molecule has 0 saturated carbocycles. The molecule has 0 aliphatic rings. The predicted octanol–water partition coefficient (Wildman–Crippen LogP) is 5.36. The Kier molecular flexibility index (Phi) is 5.99. The molecule has 0 heteroatoms. The second-order valence-electron chi connectivity index (χ2n) is 3.63. The molecule has 0 aromatic heterocycles. The first-order chi connectivity index (χ1) is 8.83. The third-order valence-corrected chi connectivity index (χ3v) is 2.43. The third-order valence-electron chi connectivity index (χ3n) is 2.43. The van der Waals surface area contributed by atoms with E-state index < -0.39 is 0 Å². The Labute approximate surface area is 110 Å². The summed E-state index contributed by atoms with van der Waals surface area (Å²) in [5.41, 5.74) is 3.66. The van der Waals surface area contributed by atoms with Crippen molar-refractivity contribution in [2.24, 2.45) is 0 Å². The quantitative estimate of drug-likeness (QED) is 0.627. The van der Waals surface area contributed by atoms with Gasteiger partial charge in [-0.15, -0.1) is 0 Å². The summed E-state index contributed by atoms with van der Waals surface area (Å²) in [6, 6.07) is 18.6. The first kappa shape index (κ1) is 13.7. The second kappa shape index (κ2) is 7.86. The van der Waals surface area contributed by atoms with Crippen LogP contribution in [0.1, 0.15) is 5.56 Å². The lowest BCUT2D eigenvalue weighted by Crippen LogP contribution is -1.81. The summed E-state index contributed by atoms with van der Waals surface area (Å²) >= 11 is 0. The summed E-state index contributed by atoms with van der Waals surface area (Å²) in [7, 11) is 0. The van der Waals surface area contributed by atoms with E-state index in [1.807, 2.05) is 18.2 Å². The number of allylic oxidation sites excluding steroid dienone is 2. The molecule has 2 aromatic carbocycles. The van der Waals surface area contributed by atoms with E-state index in [0.717, 1.165) is 0 Å². The van der Waals surface area contributed by atoms with Gasteiger partial charge in [-0.3, -0.25) is 0 Å². The summed E-state index contributed by atoms with van der Waals surface area (Å²) in [6.07, 6.45) is 5.17. The van der Waals surface area contributed by atoms with Crippen LogP contribution < -0.4 is 0 Å². The van der Waals surface area contributed by atoms with Crippen molar-refractivity contribution in [2.75, 3.05) is 0 Å². The van der Waals surface area contributed by atoms with Crippen molar-refractivity contribution in [3.63, 3.8) is 0 Å². The van der Waals surface area contributed by atoms with E-state index in [4.69, 9.17) is 0 Å². The average molecular weight is 234 g/mol. The number of benzene rings is 2. The summed E-state index contributed by atoms with van der Waals surface area (Å²) in [4.78, 5) is 0. The van der Waals surface area contributed by atoms with Crippen molar-refractivity contribution in [3.8, 4) is 11.1 Å². The Morgan fingerprint density at radius 2 is 1.22 bits per heavy atom. The lowest BCUT2D eigenvalue weighted by Gasteiger charge is -2.04. The highest BCUT2D eigenvalue weighted by Gasteiger charge is 1.99. The zero-order chi connectivity index (χ0) is 13.2. The number of hydrogen-bond acceptors (Lipinski definition) is 0. The zero-order valence-corrected chi connectivity index (χ0v) is 10.5. The predicted molar refractivity (Wildman–Crippen MR) is 82.4 cm³/mol. The molecular weight excluding hydrogens is 216 g/mol. The molecule has 0 bridgehead atoms. The minimum absolute atomic E-state index is 1.18. The molecule has 0 aliphatic carbocycles. The average Bonchev–Trinajstić information content (AvgIpc) is 2.48. The molecule has 0 saturated heterocycles. The highest BCUT2D eigenvalue weighted by molar-refractivity contribution is 5.74. The van der Waals surface area contributed by atoms with Crippen molar-refractivity contribution in [1.29, 1.82) is 0 Å². The van der Waals surface area contributed by atoms with Crippen LogP contribution in [0, 0.1) is 0 Å². The first-order valence-corrected chi connectivity index (χ1v) is 5.83. The molecule has 0 heterocycles. The molecule has 0 fully saturated rings. The Morgan fingerprint density at radius 1 is 0.667 bits per heavy atom. The van der Waals surface area contributed by atoms with Crippen molar-refractivity contribution in [1.82, 2.24) is 0 Å². The van der Waals surface area contributed by atoms with Gasteiger partial charge in [0.1, 0.15) is 0 Å². The van der Waals surface area contributed by atoms with Gasteiger partial charge < -0.3 is 0 Å². The highest BCUT2D eigenvalue weighted by atomic mass is 14.0. The van der Waals surface area contributed by atoms with Gasteiger partial charge in [0.2, 0.25) is 0 Å². The van der Waals surface area contributed by atoms with Crippen LogP contribution >= 0.6 is 0 Å². The van der Waals surface area contributed by atoms with Crippen LogP contribution in [0.4, 0.5) is 0 Å². The van der Waals surface area contributed by atoms with Crippen LogP contribution in [0.15, 0.2) is 86.5 Å². The normalized spacial score (nSPS) is 8.67. The van der Waals surface area contributed by atoms with E-state index >= 15 is 0 Å². The smallest absolute Gasteiger partial charge is 0.0112 e. The highest BCUT2D eigenvalue weighted by Crippen LogP contribution is 2.23. The van der Waals surface area contributed by atoms with Crippen LogP contribution in [0.5, 0.6) is 0 Å². The molecule has 0 nitrogen and oxygen atoms in total. The second-order valence-corrected chi connectivity index (χ2v) is 3.63. The molecule has 0 radical (unpaired) electrons. The minimum Gasteiger partial charge on any atom is -0.0991 e. The van der Waals surface area contributed by atoms with E-state index in [1.54, 1.807) is 12.2 Å². The van der Waals surface area contributed by atoms with Crippen LogP contribution in [0.3, 0.4) is 0 Å². The Balaban J connectivity index is 0.000000357.